The highest BCUT2D eigenvalue weighted by Gasteiger charge is 2.04. The van der Waals surface area contributed by atoms with Gasteiger partial charge in [0.25, 0.3) is 0 Å². The molecule has 0 aliphatic carbocycles. The fraction of sp³-hybridized carbons (Fsp3) is 0.412. The standard InChI is InChI=1S/C17H24ClN5/c1-4-23(5-2)11-10-19-17-20-13(3)12-16(22-17)21-15-8-6-14(18)7-9-15/h6-9,12H,4-5,10-11H2,1-3H3,(H2,19,20,21,22). The Kier molecular flexibility index (Phi) is 6.62. The third-order valence-electron chi connectivity index (χ3n) is 3.58. The maximum Gasteiger partial charge on any atom is 0.224 e. The molecule has 0 fully saturated rings. The lowest BCUT2D eigenvalue weighted by Gasteiger charge is -2.18. The largest absolute Gasteiger partial charge is 0.353 e. The molecule has 0 saturated heterocycles. The van der Waals surface area contributed by atoms with Gasteiger partial charge in [0.1, 0.15) is 5.82 Å². The third kappa shape index (κ3) is 5.69. The summed E-state index contributed by atoms with van der Waals surface area (Å²) in [5.74, 6) is 1.42. The summed E-state index contributed by atoms with van der Waals surface area (Å²) in [5.41, 5.74) is 1.86. The molecule has 0 unspecified atom stereocenters. The number of likely N-dealkylation sites (N-methyl/N-ethyl adjacent to an activating group) is 1. The van der Waals surface area contributed by atoms with Gasteiger partial charge in [0.05, 0.1) is 0 Å². The number of anilines is 3. The number of hydrogen-bond donors (Lipinski definition) is 2. The topological polar surface area (TPSA) is 53.1 Å². The molecule has 0 aliphatic rings. The summed E-state index contributed by atoms with van der Waals surface area (Å²) in [6.45, 7) is 10.2. The second-order valence-corrected chi connectivity index (χ2v) is 5.74. The van der Waals surface area contributed by atoms with Gasteiger partial charge in [0.15, 0.2) is 0 Å². The minimum atomic E-state index is 0.647. The van der Waals surface area contributed by atoms with Gasteiger partial charge >= 0.3 is 0 Å². The number of hydrogen-bond acceptors (Lipinski definition) is 5. The van der Waals surface area contributed by atoms with Crippen LogP contribution in [0.4, 0.5) is 17.5 Å². The predicted molar refractivity (Wildman–Crippen MR) is 97.8 cm³/mol. The monoisotopic (exact) mass is 333 g/mol. The van der Waals surface area contributed by atoms with Gasteiger partial charge in [-0.15, -0.1) is 0 Å². The molecule has 0 amide bonds. The molecule has 0 bridgehead atoms. The molecule has 2 rings (SSSR count). The molecule has 124 valence electrons. The van der Waals surface area contributed by atoms with Crippen LogP contribution in [0.3, 0.4) is 0 Å². The van der Waals surface area contributed by atoms with E-state index in [1.165, 1.54) is 0 Å². The summed E-state index contributed by atoms with van der Waals surface area (Å²) >= 11 is 5.90. The number of halogens is 1. The van der Waals surface area contributed by atoms with Gasteiger partial charge in [-0.1, -0.05) is 25.4 Å². The molecule has 2 N–H and O–H groups in total. The van der Waals surface area contributed by atoms with Crippen LogP contribution >= 0.6 is 11.6 Å². The third-order valence-corrected chi connectivity index (χ3v) is 3.83. The van der Waals surface area contributed by atoms with Gasteiger partial charge in [-0.3, -0.25) is 0 Å². The lowest BCUT2D eigenvalue weighted by Crippen LogP contribution is -2.29. The van der Waals surface area contributed by atoms with Gasteiger partial charge in [0.2, 0.25) is 5.95 Å². The van der Waals surface area contributed by atoms with E-state index < -0.39 is 0 Å². The summed E-state index contributed by atoms with van der Waals surface area (Å²) in [4.78, 5) is 11.3. The van der Waals surface area contributed by atoms with Crippen molar-refractivity contribution in [2.75, 3.05) is 36.8 Å². The normalized spacial score (nSPS) is 10.8. The molecule has 5 nitrogen and oxygen atoms in total. The molecule has 0 saturated carbocycles. The first-order chi connectivity index (χ1) is 11.1. The molecule has 1 aromatic carbocycles. The van der Waals surface area contributed by atoms with Crippen LogP contribution in [-0.4, -0.2) is 41.0 Å². The highest BCUT2D eigenvalue weighted by atomic mass is 35.5. The average molecular weight is 334 g/mol. The van der Waals surface area contributed by atoms with E-state index >= 15 is 0 Å². The molecule has 0 aliphatic heterocycles. The number of aromatic nitrogens is 2. The van der Waals surface area contributed by atoms with Crippen molar-refractivity contribution in [3.05, 3.63) is 41.0 Å². The summed E-state index contributed by atoms with van der Waals surface area (Å²) in [7, 11) is 0. The van der Waals surface area contributed by atoms with Gasteiger partial charge in [0, 0.05) is 35.6 Å². The minimum absolute atomic E-state index is 0.647. The Morgan fingerprint density at radius 3 is 2.43 bits per heavy atom. The Morgan fingerprint density at radius 2 is 1.78 bits per heavy atom. The first-order valence-corrected chi connectivity index (χ1v) is 8.33. The number of benzene rings is 1. The molecule has 1 aromatic heterocycles. The van der Waals surface area contributed by atoms with Crippen molar-refractivity contribution in [1.82, 2.24) is 14.9 Å². The highest BCUT2D eigenvalue weighted by Crippen LogP contribution is 2.19. The van der Waals surface area contributed by atoms with Gasteiger partial charge in [-0.05, 0) is 44.3 Å². The van der Waals surface area contributed by atoms with Gasteiger partial charge in [-0.25, -0.2) is 4.98 Å². The summed E-state index contributed by atoms with van der Waals surface area (Å²) in [6.07, 6.45) is 0. The van der Waals surface area contributed by atoms with Crippen LogP contribution in [0.25, 0.3) is 0 Å². The number of aryl methyl sites for hydroxylation is 1. The number of nitrogens with one attached hydrogen (secondary N) is 2. The van der Waals surface area contributed by atoms with E-state index in [0.717, 1.165) is 43.4 Å². The Morgan fingerprint density at radius 1 is 1.09 bits per heavy atom. The molecule has 23 heavy (non-hydrogen) atoms. The lowest BCUT2D eigenvalue weighted by molar-refractivity contribution is 0.316. The fourth-order valence-corrected chi connectivity index (χ4v) is 2.38. The molecule has 6 heteroatoms. The van der Waals surface area contributed by atoms with Gasteiger partial charge in [-0.2, -0.15) is 4.98 Å². The van der Waals surface area contributed by atoms with Crippen molar-refractivity contribution in [3.8, 4) is 0 Å². The zero-order valence-electron chi connectivity index (χ0n) is 13.9. The van der Waals surface area contributed by atoms with Crippen LogP contribution in [0.2, 0.25) is 5.02 Å². The SMILES string of the molecule is CCN(CC)CCNc1nc(C)cc(Nc2ccc(Cl)cc2)n1. The van der Waals surface area contributed by atoms with E-state index in [4.69, 9.17) is 11.6 Å². The second kappa shape index (κ2) is 8.70. The quantitative estimate of drug-likeness (QED) is 0.766. The van der Waals surface area contributed by atoms with Crippen LogP contribution in [0.5, 0.6) is 0 Å². The minimum Gasteiger partial charge on any atom is -0.353 e. The molecule has 0 radical (unpaired) electrons. The second-order valence-electron chi connectivity index (χ2n) is 5.30. The molecule has 1 heterocycles. The maximum absolute atomic E-state index is 5.90. The molecule has 0 atom stereocenters. The number of rotatable bonds is 8. The Hall–Kier alpha value is -1.85. The van der Waals surface area contributed by atoms with E-state index in [2.05, 4.69) is 39.3 Å². The zero-order chi connectivity index (χ0) is 16.7. The Labute approximate surface area is 143 Å². The Balaban J connectivity index is 1.99. The maximum atomic E-state index is 5.90. The van der Waals surface area contributed by atoms with Crippen molar-refractivity contribution in [2.24, 2.45) is 0 Å². The summed E-state index contributed by atoms with van der Waals surface area (Å²) in [5, 5.41) is 7.28. The fourth-order valence-electron chi connectivity index (χ4n) is 2.26. The molecule has 0 spiro atoms. The Bertz CT molecular complexity index is 611. The van der Waals surface area contributed by atoms with Gasteiger partial charge < -0.3 is 15.5 Å². The van der Waals surface area contributed by atoms with Crippen molar-refractivity contribution in [2.45, 2.75) is 20.8 Å². The van der Waals surface area contributed by atoms with Crippen molar-refractivity contribution < 1.29 is 0 Å². The lowest BCUT2D eigenvalue weighted by atomic mass is 10.3. The molecule has 2 aromatic rings. The highest BCUT2D eigenvalue weighted by molar-refractivity contribution is 6.30. The number of nitrogens with zero attached hydrogens (tertiary/aromatic N) is 3. The first-order valence-electron chi connectivity index (χ1n) is 7.95. The van der Waals surface area contributed by atoms with E-state index in [-0.39, 0.29) is 0 Å². The molecular formula is C17H24ClN5. The van der Waals surface area contributed by atoms with Crippen LogP contribution in [0, 0.1) is 6.92 Å². The van der Waals surface area contributed by atoms with Crippen LogP contribution in [0.1, 0.15) is 19.5 Å². The zero-order valence-corrected chi connectivity index (χ0v) is 14.7. The van der Waals surface area contributed by atoms with Crippen LogP contribution < -0.4 is 10.6 Å². The van der Waals surface area contributed by atoms with Crippen molar-refractivity contribution >= 4 is 29.1 Å². The van der Waals surface area contributed by atoms with E-state index in [1.54, 1.807) is 0 Å². The summed E-state index contributed by atoms with van der Waals surface area (Å²) < 4.78 is 0. The van der Waals surface area contributed by atoms with E-state index in [9.17, 15) is 0 Å². The smallest absolute Gasteiger partial charge is 0.224 e. The average Bonchev–Trinajstić information content (AvgIpc) is 2.53. The predicted octanol–water partition coefficient (Wildman–Crippen LogP) is 3.94. The van der Waals surface area contributed by atoms with E-state index in [1.807, 2.05) is 37.3 Å². The van der Waals surface area contributed by atoms with Crippen LogP contribution in [-0.2, 0) is 0 Å². The first kappa shape index (κ1) is 17.5. The van der Waals surface area contributed by atoms with Crippen molar-refractivity contribution in [1.29, 1.82) is 0 Å². The van der Waals surface area contributed by atoms with Crippen LogP contribution in [0.15, 0.2) is 30.3 Å². The van der Waals surface area contributed by atoms with Crippen molar-refractivity contribution in [3.63, 3.8) is 0 Å². The molecular weight excluding hydrogens is 310 g/mol. The van der Waals surface area contributed by atoms with E-state index in [0.29, 0.717) is 11.0 Å². The summed E-state index contributed by atoms with van der Waals surface area (Å²) in [6, 6.07) is 9.47.